The second-order valence-electron chi connectivity index (χ2n) is 38.5. The predicted octanol–water partition coefficient (Wildman–Crippen LogP) is 14.6. The third kappa shape index (κ3) is 21.4. The topological polar surface area (TPSA) is 390 Å². The van der Waals surface area contributed by atoms with Crippen LogP contribution in [0.2, 0.25) is 0 Å². The Labute approximate surface area is 795 Å². The Balaban J connectivity index is 0.000000135. The van der Waals surface area contributed by atoms with Crippen molar-refractivity contribution in [3.63, 3.8) is 0 Å². The van der Waals surface area contributed by atoms with Gasteiger partial charge in [-0.15, -0.1) is 45.3 Å². The van der Waals surface area contributed by atoms with E-state index >= 15 is 0 Å². The zero-order valence-electron chi connectivity index (χ0n) is 79.5. The van der Waals surface area contributed by atoms with Gasteiger partial charge in [0.1, 0.15) is 51.6 Å². The zero-order chi connectivity index (χ0) is 94.8. The van der Waals surface area contributed by atoms with Crippen LogP contribution >= 0.6 is 45.3 Å². The number of hydrogen-bond acceptors (Lipinski definition) is 28. The SMILES string of the molecule is CC[C@@H](C)Nc1cc(C)c(-c2sc(C(=O)N3CC4(CCO4)C3)nc2C(=O)N2CCC[C@@H]2C)cn1.CC[C@@H](C)Nc1cc(C)c(-c2sc(C(=O)N3CC4(COC4)C3)nc2C(=O)N2CCC[C@@H]2C)cn1.CC[C@@H](C)Nc1cc(C)c(-c2sc(C(=O)N[C@@H]3CC[C@@H]3O)nc2C(=O)N2CCC[C@@H]2C)cn1.Cc1cc(NC(C)C)ncc1-c1sc(C(=O)NC2CCC2O)nc1C(=O)N1CCC[C@@H]1C. The number of ether oxygens (including phenoxy) is 2. The molecule has 2 unspecified atom stereocenters. The summed E-state index contributed by atoms with van der Waals surface area (Å²) in [6, 6.07) is 9.27. The number of aliphatic hydroxyl groups excluding tert-OH is 2. The van der Waals surface area contributed by atoms with Gasteiger partial charge in [0.2, 0.25) is 0 Å². The smallest absolute Gasteiger partial charge is 0.283 e. The highest BCUT2D eigenvalue weighted by Crippen LogP contribution is 2.45. The molecule has 714 valence electrons. The van der Waals surface area contributed by atoms with Crippen LogP contribution in [0.25, 0.3) is 41.8 Å². The first-order valence-electron chi connectivity index (χ1n) is 47.6. The van der Waals surface area contributed by atoms with E-state index in [2.05, 4.69) is 127 Å². The molecule has 2 aliphatic carbocycles. The quantitative estimate of drug-likeness (QED) is 0.0263. The highest BCUT2D eigenvalue weighted by molar-refractivity contribution is 7.18. The number of hydrogen-bond donors (Lipinski definition) is 8. The molecule has 16 heterocycles. The lowest BCUT2D eigenvalue weighted by molar-refractivity contribution is -0.209. The molecule has 0 aromatic carbocycles. The number of likely N-dealkylation sites (tertiary alicyclic amines) is 6. The van der Waals surface area contributed by atoms with Crippen molar-refractivity contribution >= 4 is 116 Å². The number of amides is 8. The Morgan fingerprint density at radius 1 is 0.421 bits per heavy atom. The second kappa shape index (κ2) is 41.6. The molecule has 8 aromatic rings. The molecule has 10 aliphatic rings. The van der Waals surface area contributed by atoms with Crippen molar-refractivity contribution < 1.29 is 58.0 Å². The molecule has 32 nitrogen and oxygen atoms in total. The number of nitrogens with zero attached hydrogens (tertiary/aromatic N) is 14. The molecule has 8 aromatic heterocycles. The van der Waals surface area contributed by atoms with E-state index < -0.39 is 12.2 Å². The Kier molecular flexibility index (Phi) is 30.5. The van der Waals surface area contributed by atoms with E-state index in [-0.39, 0.29) is 111 Å². The Morgan fingerprint density at radius 2 is 0.714 bits per heavy atom. The van der Waals surface area contributed by atoms with E-state index in [0.29, 0.717) is 113 Å². The van der Waals surface area contributed by atoms with Crippen molar-refractivity contribution in [3.05, 3.63) is 114 Å². The van der Waals surface area contributed by atoms with Crippen LogP contribution in [0.15, 0.2) is 49.1 Å². The molecule has 8 N–H and O–H groups in total. The zero-order valence-corrected chi connectivity index (χ0v) is 82.8. The first kappa shape index (κ1) is 97.5. The van der Waals surface area contributed by atoms with E-state index in [1.807, 2.05) is 104 Å². The molecule has 10 fully saturated rings. The number of carbonyl (C=O) groups excluding carboxylic acids is 8. The molecule has 8 amide bonds. The molecule has 8 saturated heterocycles. The summed E-state index contributed by atoms with van der Waals surface area (Å²) < 4.78 is 11.0. The second-order valence-corrected chi connectivity index (χ2v) is 42.5. The number of pyridine rings is 4. The van der Waals surface area contributed by atoms with E-state index in [4.69, 9.17) is 9.47 Å². The number of thiazole rings is 4. The summed E-state index contributed by atoms with van der Waals surface area (Å²) in [6.45, 7) is 40.7. The number of rotatable bonds is 25. The van der Waals surface area contributed by atoms with Gasteiger partial charge in [0.05, 0.1) is 82.1 Å². The summed E-state index contributed by atoms with van der Waals surface area (Å²) in [5, 5.41) is 40.0. The van der Waals surface area contributed by atoms with Gasteiger partial charge < -0.3 is 81.0 Å². The molecule has 11 atom stereocenters. The van der Waals surface area contributed by atoms with Gasteiger partial charge >= 0.3 is 0 Å². The first-order chi connectivity index (χ1) is 63.6. The van der Waals surface area contributed by atoms with Crippen molar-refractivity contribution in [2.24, 2.45) is 5.41 Å². The van der Waals surface area contributed by atoms with Gasteiger partial charge in [-0.3, -0.25) is 38.4 Å². The van der Waals surface area contributed by atoms with E-state index in [0.717, 1.165) is 200 Å². The lowest BCUT2D eigenvalue weighted by Gasteiger charge is -2.54. The largest absolute Gasteiger partial charge is 0.391 e. The fourth-order valence-corrected chi connectivity index (χ4v) is 22.5. The van der Waals surface area contributed by atoms with Gasteiger partial charge in [-0.25, -0.2) is 39.9 Å². The predicted molar refractivity (Wildman–Crippen MR) is 519 cm³/mol. The molecular weight excluding hydrogens is 1770 g/mol. The number of carbonyl (C=O) groups is 8. The first-order valence-corrected chi connectivity index (χ1v) is 50.9. The maximum atomic E-state index is 13.6. The van der Waals surface area contributed by atoms with Gasteiger partial charge in [0.25, 0.3) is 47.3 Å². The van der Waals surface area contributed by atoms with Crippen LogP contribution < -0.4 is 31.9 Å². The third-order valence-electron chi connectivity index (χ3n) is 27.7. The lowest BCUT2D eigenvalue weighted by Crippen LogP contribution is -2.69. The molecule has 2 spiro atoms. The summed E-state index contributed by atoms with van der Waals surface area (Å²) >= 11 is 5.03. The maximum Gasteiger partial charge on any atom is 0.283 e. The van der Waals surface area contributed by atoms with Crippen molar-refractivity contribution in [1.29, 1.82) is 0 Å². The van der Waals surface area contributed by atoms with Gasteiger partial charge in [0, 0.05) is 141 Å². The van der Waals surface area contributed by atoms with E-state index in [1.165, 1.54) is 45.3 Å². The van der Waals surface area contributed by atoms with Crippen LogP contribution in [0.4, 0.5) is 23.3 Å². The van der Waals surface area contributed by atoms with Gasteiger partial charge in [0.15, 0.2) is 20.0 Å². The fourth-order valence-electron chi connectivity index (χ4n) is 18.2. The Bertz CT molecular complexity index is 5440. The standard InChI is InChI=1S/2C25H33N5O3S.C24H33N5O3S.C23H31N5O3S/c1-5-16(3)27-19-11-15(2)18(12-26-19)21-20(23(31)30-9-6-7-17(30)4)28-22(34-21)24(32)29-13-25(14-29)8-10-33-25;1-5-16(3)27-19-9-15(2)18(10-26-19)21-20(23(31)30-8-6-7-17(30)4)28-22(34-21)24(32)29-11-25(12-29)13-33-14-25;1-5-14(3)26-19-11-13(2)16(12-25-19)21-20(24(32)29-10-6-7-15(29)4)28-23(33-21)22(31)27-17-8-9-18(17)30;1-12(2)25-18-10-13(3)15(11-24-18)20-19(23(31)28-9-5-6-14(28)4)27-22(32-20)21(30)26-16-7-8-17(16)29/h11-12,16-17H,5-10,13-14H2,1-4H3,(H,26,27);9-10,16-17H,5-8,11-14H2,1-4H3,(H,26,27);11-12,14-15,17-18,30H,5-10H2,1-4H3,(H,25,26)(H,27,31);10-12,14,16-17,29H,5-9H2,1-4H3,(H,24,25)(H,26,30)/t2*16-,17+;14-,15+,17-,18+;14-,16?,17?/m1110/s1. The summed E-state index contributed by atoms with van der Waals surface area (Å²) in [6.07, 6.45) is 20.8. The summed E-state index contributed by atoms with van der Waals surface area (Å²) in [7, 11) is 0. The van der Waals surface area contributed by atoms with Crippen LogP contribution in [0.3, 0.4) is 0 Å². The minimum Gasteiger partial charge on any atom is -0.391 e. The monoisotopic (exact) mass is 1890 g/mol. The lowest BCUT2D eigenvalue weighted by atomic mass is 9.78. The Hall–Kier alpha value is -10.1. The van der Waals surface area contributed by atoms with Crippen LogP contribution in [0.5, 0.6) is 0 Å². The Morgan fingerprint density at radius 3 is 0.947 bits per heavy atom. The van der Waals surface area contributed by atoms with Crippen molar-refractivity contribution in [1.82, 2.24) is 79.9 Å². The number of aliphatic hydroxyl groups is 2. The number of anilines is 4. The number of aryl methyl sites for hydroxylation is 4. The molecule has 36 heteroatoms. The van der Waals surface area contributed by atoms with Crippen molar-refractivity contribution in [2.75, 3.05) is 93.4 Å². The summed E-state index contributed by atoms with van der Waals surface area (Å²) in [5.41, 5.74) is 8.57. The summed E-state index contributed by atoms with van der Waals surface area (Å²) in [5.74, 6) is 1.77. The molecular formula is C97H130N20O12S4. The maximum absolute atomic E-state index is 13.6. The van der Waals surface area contributed by atoms with Gasteiger partial charge in [-0.1, -0.05) is 20.8 Å². The van der Waals surface area contributed by atoms with Crippen LogP contribution in [-0.2, 0) is 9.47 Å². The highest BCUT2D eigenvalue weighted by Gasteiger charge is 2.53. The van der Waals surface area contributed by atoms with Gasteiger partial charge in [-0.2, -0.15) is 0 Å². The normalized spacial score (nSPS) is 22.4. The molecule has 0 radical (unpaired) electrons. The van der Waals surface area contributed by atoms with E-state index in [9.17, 15) is 48.6 Å². The highest BCUT2D eigenvalue weighted by atomic mass is 32.1. The van der Waals surface area contributed by atoms with Crippen LogP contribution in [-0.4, -0.2) is 277 Å². The van der Waals surface area contributed by atoms with Crippen LogP contribution in [0.1, 0.15) is 289 Å². The van der Waals surface area contributed by atoms with Crippen molar-refractivity contribution in [3.8, 4) is 41.8 Å². The molecule has 0 bridgehead atoms. The number of nitrogens with one attached hydrogen (secondary N) is 6. The van der Waals surface area contributed by atoms with Gasteiger partial charge in [-0.05, 0) is 233 Å². The minimum absolute atomic E-state index is 0.0935. The molecule has 18 rings (SSSR count). The molecule has 8 aliphatic heterocycles. The van der Waals surface area contributed by atoms with Crippen molar-refractivity contribution in [2.45, 2.75) is 292 Å². The molecule has 133 heavy (non-hydrogen) atoms. The number of aromatic nitrogens is 8. The fraction of sp³-hybridized carbons (Fsp3) is 0.588. The minimum atomic E-state index is -0.517. The average Bonchev–Trinajstić information content (AvgIpc) is 1.72. The van der Waals surface area contributed by atoms with E-state index in [1.54, 1.807) is 29.7 Å². The van der Waals surface area contributed by atoms with Crippen LogP contribution in [0, 0.1) is 33.1 Å². The average molecular weight is 1900 g/mol. The summed E-state index contributed by atoms with van der Waals surface area (Å²) in [4.78, 5) is 157. The molecule has 2 saturated carbocycles. The third-order valence-corrected chi connectivity index (χ3v) is 32.0.